The van der Waals surface area contributed by atoms with Crippen LogP contribution in [0.4, 0.5) is 4.39 Å². The molecule has 0 radical (unpaired) electrons. The van der Waals surface area contributed by atoms with Gasteiger partial charge in [0.15, 0.2) is 0 Å². The summed E-state index contributed by atoms with van der Waals surface area (Å²) in [5.41, 5.74) is 1.73. The summed E-state index contributed by atoms with van der Waals surface area (Å²) in [6, 6.07) is 5.15. The average Bonchev–Trinajstić information content (AvgIpc) is 2.23. The monoisotopic (exact) mass is 195 g/mol. The number of hydrogen-bond acceptors (Lipinski definition) is 2. The number of morpholine rings is 1. The van der Waals surface area contributed by atoms with Crippen molar-refractivity contribution in [1.29, 1.82) is 0 Å². The molecule has 0 spiro atoms. The second-order valence-electron chi connectivity index (χ2n) is 3.57. The zero-order chi connectivity index (χ0) is 9.97. The lowest BCUT2D eigenvalue weighted by Gasteiger charge is -2.24. The number of rotatable bonds is 1. The summed E-state index contributed by atoms with van der Waals surface area (Å²) in [6.07, 6.45) is 0.0723. The van der Waals surface area contributed by atoms with Crippen LogP contribution in [0.15, 0.2) is 18.2 Å². The molecular formula is C11H14FNO. The molecule has 1 N–H and O–H groups in total. The van der Waals surface area contributed by atoms with Gasteiger partial charge < -0.3 is 10.1 Å². The van der Waals surface area contributed by atoms with Gasteiger partial charge in [0, 0.05) is 13.1 Å². The summed E-state index contributed by atoms with van der Waals surface area (Å²) in [5.74, 6) is -0.155. The fraction of sp³-hybridized carbons (Fsp3) is 0.455. The summed E-state index contributed by atoms with van der Waals surface area (Å²) in [6.45, 7) is 4.21. The highest BCUT2D eigenvalue weighted by atomic mass is 19.1. The maximum Gasteiger partial charge on any atom is 0.126 e. The smallest absolute Gasteiger partial charge is 0.126 e. The first kappa shape index (κ1) is 9.62. The van der Waals surface area contributed by atoms with Gasteiger partial charge in [-0.2, -0.15) is 0 Å². The second kappa shape index (κ2) is 4.07. The van der Waals surface area contributed by atoms with E-state index in [4.69, 9.17) is 4.74 Å². The Labute approximate surface area is 83.1 Å². The van der Waals surface area contributed by atoms with Crippen LogP contribution in [0.1, 0.15) is 17.2 Å². The van der Waals surface area contributed by atoms with Crippen molar-refractivity contribution in [1.82, 2.24) is 5.32 Å². The molecule has 3 heteroatoms. The van der Waals surface area contributed by atoms with Gasteiger partial charge in [-0.1, -0.05) is 12.1 Å². The van der Waals surface area contributed by atoms with Gasteiger partial charge in [0.2, 0.25) is 0 Å². The van der Waals surface area contributed by atoms with Crippen LogP contribution in [0.3, 0.4) is 0 Å². The maximum atomic E-state index is 13.0. The molecule has 1 aliphatic heterocycles. The molecule has 1 aliphatic rings. The Bertz CT molecular complexity index is 321. The van der Waals surface area contributed by atoms with Crippen LogP contribution in [0.25, 0.3) is 0 Å². The molecule has 1 heterocycles. The van der Waals surface area contributed by atoms with Crippen LogP contribution >= 0.6 is 0 Å². The third-order valence-corrected chi connectivity index (χ3v) is 2.48. The molecule has 1 saturated heterocycles. The predicted octanol–water partition coefficient (Wildman–Crippen LogP) is 1.80. The Kier molecular flexibility index (Phi) is 2.79. The molecule has 1 aromatic carbocycles. The molecule has 2 rings (SSSR count). The molecule has 1 aromatic rings. The molecule has 0 amide bonds. The molecule has 0 unspecified atom stereocenters. The zero-order valence-electron chi connectivity index (χ0n) is 8.22. The van der Waals surface area contributed by atoms with E-state index in [1.54, 1.807) is 13.0 Å². The minimum absolute atomic E-state index is 0.0723. The number of ether oxygens (including phenoxy) is 1. The zero-order valence-corrected chi connectivity index (χ0v) is 8.22. The molecule has 1 atom stereocenters. The minimum Gasteiger partial charge on any atom is -0.371 e. The van der Waals surface area contributed by atoms with E-state index in [0.717, 1.165) is 25.3 Å². The number of hydrogen-bond donors (Lipinski definition) is 1. The highest BCUT2D eigenvalue weighted by molar-refractivity contribution is 5.26. The number of aryl methyl sites for hydroxylation is 1. The maximum absolute atomic E-state index is 13.0. The van der Waals surface area contributed by atoms with Crippen molar-refractivity contribution in [2.45, 2.75) is 13.0 Å². The standard InChI is InChI=1S/C11H14FNO/c1-8-6-9(2-3-10(8)12)11-7-13-4-5-14-11/h2-3,6,11,13H,4-5,7H2,1H3/t11-/m0/s1. The summed E-state index contributed by atoms with van der Waals surface area (Å²) < 4.78 is 18.6. The number of nitrogens with one attached hydrogen (secondary N) is 1. The summed E-state index contributed by atoms with van der Waals surface area (Å²) in [7, 11) is 0. The van der Waals surface area contributed by atoms with Crippen molar-refractivity contribution in [2.24, 2.45) is 0 Å². The van der Waals surface area contributed by atoms with E-state index in [2.05, 4.69) is 5.32 Å². The molecule has 0 aliphatic carbocycles. The predicted molar refractivity (Wildman–Crippen MR) is 52.7 cm³/mol. The van der Waals surface area contributed by atoms with Crippen molar-refractivity contribution >= 4 is 0 Å². The Morgan fingerprint density at radius 3 is 3.00 bits per heavy atom. The second-order valence-corrected chi connectivity index (χ2v) is 3.57. The normalized spacial score (nSPS) is 22.3. The lowest BCUT2D eigenvalue weighted by atomic mass is 10.1. The quantitative estimate of drug-likeness (QED) is 0.737. The van der Waals surface area contributed by atoms with E-state index < -0.39 is 0 Å². The van der Waals surface area contributed by atoms with Crippen LogP contribution < -0.4 is 5.32 Å². The van der Waals surface area contributed by atoms with E-state index in [1.807, 2.05) is 6.07 Å². The van der Waals surface area contributed by atoms with E-state index >= 15 is 0 Å². The van der Waals surface area contributed by atoms with Crippen LogP contribution in [0.2, 0.25) is 0 Å². The Hall–Kier alpha value is -0.930. The van der Waals surface area contributed by atoms with E-state index in [0.29, 0.717) is 5.56 Å². The van der Waals surface area contributed by atoms with Crippen molar-refractivity contribution in [2.75, 3.05) is 19.7 Å². The topological polar surface area (TPSA) is 21.3 Å². The van der Waals surface area contributed by atoms with Crippen LogP contribution in [0, 0.1) is 12.7 Å². The molecule has 0 saturated carbocycles. The van der Waals surface area contributed by atoms with Crippen LogP contribution in [-0.2, 0) is 4.74 Å². The van der Waals surface area contributed by atoms with Crippen LogP contribution in [-0.4, -0.2) is 19.7 Å². The Morgan fingerprint density at radius 1 is 1.50 bits per heavy atom. The molecule has 0 bridgehead atoms. The Morgan fingerprint density at radius 2 is 2.36 bits per heavy atom. The summed E-state index contributed by atoms with van der Waals surface area (Å²) in [4.78, 5) is 0. The molecule has 2 nitrogen and oxygen atoms in total. The fourth-order valence-corrected chi connectivity index (χ4v) is 1.65. The van der Waals surface area contributed by atoms with Gasteiger partial charge in [-0.25, -0.2) is 4.39 Å². The van der Waals surface area contributed by atoms with Crippen molar-refractivity contribution in [3.8, 4) is 0 Å². The molecule has 0 aromatic heterocycles. The lowest BCUT2D eigenvalue weighted by molar-refractivity contribution is 0.0276. The summed E-state index contributed by atoms with van der Waals surface area (Å²) >= 11 is 0. The van der Waals surface area contributed by atoms with Gasteiger partial charge in [-0.3, -0.25) is 0 Å². The minimum atomic E-state index is -0.155. The van der Waals surface area contributed by atoms with Gasteiger partial charge >= 0.3 is 0 Å². The largest absolute Gasteiger partial charge is 0.371 e. The van der Waals surface area contributed by atoms with Gasteiger partial charge in [-0.05, 0) is 24.1 Å². The van der Waals surface area contributed by atoms with Crippen LogP contribution in [0.5, 0.6) is 0 Å². The SMILES string of the molecule is Cc1cc([C@@H]2CNCCO2)ccc1F. The molecule has 76 valence electrons. The van der Waals surface area contributed by atoms with Gasteiger partial charge in [0.1, 0.15) is 5.82 Å². The van der Waals surface area contributed by atoms with E-state index in [9.17, 15) is 4.39 Å². The van der Waals surface area contributed by atoms with Gasteiger partial charge in [0.25, 0.3) is 0 Å². The van der Waals surface area contributed by atoms with E-state index in [1.165, 1.54) is 6.07 Å². The third-order valence-electron chi connectivity index (χ3n) is 2.48. The highest BCUT2D eigenvalue weighted by Crippen LogP contribution is 2.20. The third kappa shape index (κ3) is 1.94. The first-order chi connectivity index (χ1) is 6.77. The molecule has 1 fully saturated rings. The van der Waals surface area contributed by atoms with Gasteiger partial charge in [-0.15, -0.1) is 0 Å². The van der Waals surface area contributed by atoms with E-state index in [-0.39, 0.29) is 11.9 Å². The van der Waals surface area contributed by atoms with Crippen molar-refractivity contribution < 1.29 is 9.13 Å². The highest BCUT2D eigenvalue weighted by Gasteiger charge is 2.15. The first-order valence-electron chi connectivity index (χ1n) is 4.86. The summed E-state index contributed by atoms with van der Waals surface area (Å²) in [5, 5.41) is 3.25. The average molecular weight is 195 g/mol. The Balaban J connectivity index is 2.18. The molecular weight excluding hydrogens is 181 g/mol. The van der Waals surface area contributed by atoms with Gasteiger partial charge in [0.05, 0.1) is 12.7 Å². The number of benzene rings is 1. The fourth-order valence-electron chi connectivity index (χ4n) is 1.65. The first-order valence-corrected chi connectivity index (χ1v) is 4.86. The van der Waals surface area contributed by atoms with Crippen molar-refractivity contribution in [3.05, 3.63) is 35.1 Å². The molecule has 14 heavy (non-hydrogen) atoms. The number of halogens is 1. The van der Waals surface area contributed by atoms with Crippen molar-refractivity contribution in [3.63, 3.8) is 0 Å². The lowest BCUT2D eigenvalue weighted by Crippen LogP contribution is -2.33.